The molecule has 1 aromatic rings. The number of amides is 1. The molecule has 2 fully saturated rings. The first-order valence-electron chi connectivity index (χ1n) is 8.51. The monoisotopic (exact) mass is 351 g/mol. The predicted molar refractivity (Wildman–Crippen MR) is 89.2 cm³/mol. The first kappa shape index (κ1) is 18.1. The number of nitrogens with one attached hydrogen (secondary N) is 1. The molecule has 1 aliphatic carbocycles. The molecule has 0 spiro atoms. The number of aliphatic hydroxyl groups is 2. The van der Waals surface area contributed by atoms with E-state index in [0.717, 1.165) is 0 Å². The van der Waals surface area contributed by atoms with Gasteiger partial charge in [0.05, 0.1) is 31.5 Å². The molecule has 1 amide bonds. The van der Waals surface area contributed by atoms with Crippen LogP contribution in [0.25, 0.3) is 0 Å². The molecule has 0 unspecified atom stereocenters. The van der Waals surface area contributed by atoms with Crippen molar-refractivity contribution in [2.45, 2.75) is 36.7 Å². The first-order valence-corrected chi connectivity index (χ1v) is 8.51. The lowest BCUT2D eigenvalue weighted by molar-refractivity contribution is -0.166. The summed E-state index contributed by atoms with van der Waals surface area (Å²) >= 11 is 0. The Balaban J connectivity index is 1.57. The Bertz CT molecular complexity index is 582. The van der Waals surface area contributed by atoms with Crippen LogP contribution in [0.15, 0.2) is 30.3 Å². The maximum Gasteiger partial charge on any atom is 0.258 e. The number of benzene rings is 1. The zero-order valence-electron chi connectivity index (χ0n) is 14.3. The van der Waals surface area contributed by atoms with Crippen molar-refractivity contribution in [2.75, 3.05) is 26.9 Å². The molecule has 1 saturated carbocycles. The molecule has 7 heteroatoms. The molecule has 2 aliphatic rings. The van der Waals surface area contributed by atoms with Crippen LogP contribution in [0.2, 0.25) is 0 Å². The minimum atomic E-state index is -1.27. The molecule has 1 saturated heterocycles. The summed E-state index contributed by atoms with van der Waals surface area (Å²) < 4.78 is 16.2. The predicted octanol–water partition coefficient (Wildman–Crippen LogP) is 0.0974. The van der Waals surface area contributed by atoms with Gasteiger partial charge in [-0.3, -0.25) is 4.79 Å². The summed E-state index contributed by atoms with van der Waals surface area (Å²) in [5, 5.41) is 24.0. The van der Waals surface area contributed by atoms with Gasteiger partial charge in [0, 0.05) is 7.11 Å². The minimum absolute atomic E-state index is 0.0627. The van der Waals surface area contributed by atoms with Crippen LogP contribution >= 0.6 is 0 Å². The van der Waals surface area contributed by atoms with Crippen LogP contribution in [0.4, 0.5) is 0 Å². The summed E-state index contributed by atoms with van der Waals surface area (Å²) in [5.41, 5.74) is -1.27. The highest BCUT2D eigenvalue weighted by molar-refractivity contribution is 5.78. The lowest BCUT2D eigenvalue weighted by Crippen LogP contribution is -2.61. The number of hydrogen-bond acceptors (Lipinski definition) is 6. The summed E-state index contributed by atoms with van der Waals surface area (Å²) in [5.74, 6) is 0.0577. The van der Waals surface area contributed by atoms with Crippen molar-refractivity contribution >= 4 is 5.91 Å². The van der Waals surface area contributed by atoms with Gasteiger partial charge in [0.25, 0.3) is 5.91 Å². The number of para-hydroxylation sites is 1. The standard InChI is InChI=1S/C18H25NO6/c1-23-9-14-7-12-8-15(20)17(18(12,22)11-25-14)19-16(21)10-24-13-5-3-2-4-6-13/h2-6,12,14-15,17,20,22H,7-11H2,1H3,(H,19,21)/t12-,14+,15-,17+,18+/m0/s1. The number of fused-ring (bicyclic) bond motifs is 1. The van der Waals surface area contributed by atoms with E-state index in [2.05, 4.69) is 5.32 Å². The van der Waals surface area contributed by atoms with Gasteiger partial charge in [-0.05, 0) is 30.9 Å². The topological polar surface area (TPSA) is 97.3 Å². The lowest BCUT2D eigenvalue weighted by Gasteiger charge is -2.41. The van der Waals surface area contributed by atoms with Gasteiger partial charge >= 0.3 is 0 Å². The van der Waals surface area contributed by atoms with E-state index in [1.54, 1.807) is 19.2 Å². The second kappa shape index (κ2) is 7.70. The zero-order chi connectivity index (χ0) is 17.9. The highest BCUT2D eigenvalue weighted by atomic mass is 16.5. The smallest absolute Gasteiger partial charge is 0.258 e. The van der Waals surface area contributed by atoms with Crippen LogP contribution < -0.4 is 10.1 Å². The van der Waals surface area contributed by atoms with Gasteiger partial charge in [0.1, 0.15) is 11.4 Å². The van der Waals surface area contributed by atoms with Crippen LogP contribution in [-0.2, 0) is 14.3 Å². The minimum Gasteiger partial charge on any atom is -0.484 e. The number of ether oxygens (including phenoxy) is 3. The summed E-state index contributed by atoms with van der Waals surface area (Å²) in [6.45, 7) is 0.332. The third-order valence-electron chi connectivity index (χ3n) is 5.04. The Morgan fingerprint density at radius 3 is 2.84 bits per heavy atom. The van der Waals surface area contributed by atoms with Crippen LogP contribution in [0.1, 0.15) is 12.8 Å². The maximum absolute atomic E-state index is 12.2. The summed E-state index contributed by atoms with van der Waals surface area (Å²) in [6, 6.07) is 8.23. The fraction of sp³-hybridized carbons (Fsp3) is 0.611. The number of carbonyl (C=O) groups is 1. The zero-order valence-corrected chi connectivity index (χ0v) is 14.3. The van der Waals surface area contributed by atoms with Gasteiger partial charge in [-0.1, -0.05) is 18.2 Å². The van der Waals surface area contributed by atoms with E-state index in [9.17, 15) is 15.0 Å². The van der Waals surface area contributed by atoms with Crippen molar-refractivity contribution in [3.63, 3.8) is 0 Å². The Hall–Kier alpha value is -1.67. The second-order valence-electron chi connectivity index (χ2n) is 6.76. The van der Waals surface area contributed by atoms with Crippen LogP contribution in [0.5, 0.6) is 5.75 Å². The van der Waals surface area contributed by atoms with E-state index in [-0.39, 0.29) is 31.1 Å². The Morgan fingerprint density at radius 1 is 1.36 bits per heavy atom. The number of rotatable bonds is 6. The van der Waals surface area contributed by atoms with Gasteiger partial charge in [-0.2, -0.15) is 0 Å². The first-order chi connectivity index (χ1) is 12.0. The molecule has 5 atom stereocenters. The van der Waals surface area contributed by atoms with E-state index < -0.39 is 17.7 Å². The van der Waals surface area contributed by atoms with Gasteiger partial charge in [0.2, 0.25) is 0 Å². The maximum atomic E-state index is 12.2. The highest BCUT2D eigenvalue weighted by Crippen LogP contribution is 2.42. The van der Waals surface area contributed by atoms with Gasteiger partial charge in [-0.15, -0.1) is 0 Å². The van der Waals surface area contributed by atoms with Crippen molar-refractivity contribution in [3.05, 3.63) is 30.3 Å². The molecule has 0 aromatic heterocycles. The van der Waals surface area contributed by atoms with Gasteiger partial charge < -0.3 is 29.7 Å². The molecule has 0 bridgehead atoms. The largest absolute Gasteiger partial charge is 0.484 e. The summed E-state index contributed by atoms with van der Waals surface area (Å²) in [7, 11) is 1.60. The fourth-order valence-corrected chi connectivity index (χ4v) is 3.77. The molecule has 138 valence electrons. The highest BCUT2D eigenvalue weighted by Gasteiger charge is 2.57. The Labute approximate surface area is 146 Å². The molecule has 3 N–H and O–H groups in total. The molecule has 25 heavy (non-hydrogen) atoms. The molecule has 1 heterocycles. The summed E-state index contributed by atoms with van der Waals surface area (Å²) in [6.07, 6.45) is 0.0951. The molecular formula is C18H25NO6. The van der Waals surface area contributed by atoms with E-state index in [1.807, 2.05) is 18.2 Å². The average molecular weight is 351 g/mol. The Kier molecular flexibility index (Phi) is 5.58. The molecule has 1 aliphatic heterocycles. The molecule has 0 radical (unpaired) electrons. The third-order valence-corrected chi connectivity index (χ3v) is 5.04. The molecule has 3 rings (SSSR count). The van der Waals surface area contributed by atoms with Crippen molar-refractivity contribution in [3.8, 4) is 5.75 Å². The van der Waals surface area contributed by atoms with Crippen molar-refractivity contribution in [1.82, 2.24) is 5.32 Å². The number of methoxy groups -OCH3 is 1. The Morgan fingerprint density at radius 2 is 2.12 bits per heavy atom. The van der Waals surface area contributed by atoms with Crippen molar-refractivity contribution in [2.24, 2.45) is 5.92 Å². The van der Waals surface area contributed by atoms with Crippen molar-refractivity contribution < 1.29 is 29.2 Å². The van der Waals surface area contributed by atoms with Crippen LogP contribution in [-0.4, -0.2) is 66.9 Å². The number of aliphatic hydroxyl groups excluding tert-OH is 1. The average Bonchev–Trinajstić information content (AvgIpc) is 2.85. The normalized spacial score (nSPS) is 34.4. The van der Waals surface area contributed by atoms with Crippen LogP contribution in [0.3, 0.4) is 0 Å². The fourth-order valence-electron chi connectivity index (χ4n) is 3.77. The van der Waals surface area contributed by atoms with Crippen LogP contribution in [0, 0.1) is 5.92 Å². The third kappa shape index (κ3) is 3.95. The van der Waals surface area contributed by atoms with E-state index in [0.29, 0.717) is 25.2 Å². The summed E-state index contributed by atoms with van der Waals surface area (Å²) in [4.78, 5) is 12.2. The van der Waals surface area contributed by atoms with E-state index >= 15 is 0 Å². The second-order valence-corrected chi connectivity index (χ2v) is 6.76. The molecule has 1 aromatic carbocycles. The molecular weight excluding hydrogens is 326 g/mol. The SMILES string of the molecule is COC[C@H]1C[C@H]2C[C@H](O)[C@@H](NC(=O)COc3ccccc3)[C@@]2(O)CO1. The van der Waals surface area contributed by atoms with Gasteiger partial charge in [-0.25, -0.2) is 0 Å². The van der Waals surface area contributed by atoms with E-state index in [4.69, 9.17) is 14.2 Å². The number of hydrogen-bond donors (Lipinski definition) is 3. The van der Waals surface area contributed by atoms with Crippen molar-refractivity contribution in [1.29, 1.82) is 0 Å². The molecule has 7 nitrogen and oxygen atoms in total. The van der Waals surface area contributed by atoms with Gasteiger partial charge in [0.15, 0.2) is 6.61 Å². The van der Waals surface area contributed by atoms with E-state index in [1.165, 1.54) is 0 Å². The quantitative estimate of drug-likeness (QED) is 0.672. The lowest BCUT2D eigenvalue weighted by atomic mass is 9.82. The number of carbonyl (C=O) groups excluding carboxylic acids is 1.